The molecule has 1 atom stereocenters. The molecule has 0 aromatic heterocycles. The van der Waals surface area contributed by atoms with Gasteiger partial charge in [0.25, 0.3) is 0 Å². The molecule has 3 nitrogen and oxygen atoms in total. The van der Waals surface area contributed by atoms with Crippen molar-refractivity contribution in [1.82, 2.24) is 0 Å². The zero-order chi connectivity index (χ0) is 10.7. The molecule has 1 aromatic rings. The molecule has 76 valence electrons. The highest BCUT2D eigenvalue weighted by Crippen LogP contribution is 2.14. The van der Waals surface area contributed by atoms with Crippen LogP contribution in [0.2, 0.25) is 0 Å². The fourth-order valence-electron chi connectivity index (χ4n) is 1.48. The molecule has 0 bridgehead atoms. The van der Waals surface area contributed by atoms with Crippen molar-refractivity contribution in [2.24, 2.45) is 5.73 Å². The van der Waals surface area contributed by atoms with Gasteiger partial charge < -0.3 is 10.8 Å². The summed E-state index contributed by atoms with van der Waals surface area (Å²) < 4.78 is 0. The molecule has 0 aliphatic heterocycles. The van der Waals surface area contributed by atoms with Crippen molar-refractivity contribution in [3.63, 3.8) is 0 Å². The molecular weight excluding hydrogens is 178 g/mol. The van der Waals surface area contributed by atoms with Gasteiger partial charge in [-0.15, -0.1) is 0 Å². The van der Waals surface area contributed by atoms with E-state index in [1.807, 2.05) is 32.0 Å². The highest BCUT2D eigenvalue weighted by atomic mass is 16.4. The molecule has 3 heteroatoms. The SMILES string of the molecule is Cc1cccc(C)c1CC(N)C(=O)O. The van der Waals surface area contributed by atoms with Crippen molar-refractivity contribution in [3.8, 4) is 0 Å². The van der Waals surface area contributed by atoms with Gasteiger partial charge in [0.1, 0.15) is 6.04 Å². The first-order chi connectivity index (χ1) is 6.52. The second-order valence-electron chi connectivity index (χ2n) is 3.52. The van der Waals surface area contributed by atoms with Gasteiger partial charge in [-0.2, -0.15) is 0 Å². The minimum Gasteiger partial charge on any atom is -0.480 e. The predicted octanol–water partition coefficient (Wildman–Crippen LogP) is 1.26. The number of carboxylic acid groups (broad SMARTS) is 1. The molecule has 1 unspecified atom stereocenters. The van der Waals surface area contributed by atoms with Crippen LogP contribution >= 0.6 is 0 Å². The number of aryl methyl sites for hydroxylation is 2. The molecule has 0 heterocycles. The molecule has 1 rings (SSSR count). The van der Waals surface area contributed by atoms with Crippen molar-refractivity contribution in [3.05, 3.63) is 34.9 Å². The van der Waals surface area contributed by atoms with Crippen LogP contribution in [0.25, 0.3) is 0 Å². The van der Waals surface area contributed by atoms with E-state index in [2.05, 4.69) is 0 Å². The minimum atomic E-state index is -0.951. The van der Waals surface area contributed by atoms with Crippen LogP contribution in [0.4, 0.5) is 0 Å². The van der Waals surface area contributed by atoms with E-state index in [4.69, 9.17) is 10.8 Å². The van der Waals surface area contributed by atoms with Gasteiger partial charge in [-0.3, -0.25) is 4.79 Å². The molecule has 0 fully saturated rings. The van der Waals surface area contributed by atoms with E-state index < -0.39 is 12.0 Å². The predicted molar refractivity (Wildman–Crippen MR) is 55.2 cm³/mol. The first-order valence-electron chi connectivity index (χ1n) is 4.56. The number of rotatable bonds is 3. The molecule has 1 aromatic carbocycles. The summed E-state index contributed by atoms with van der Waals surface area (Å²) in [7, 11) is 0. The van der Waals surface area contributed by atoms with Gasteiger partial charge in [-0.05, 0) is 37.0 Å². The minimum absolute atomic E-state index is 0.397. The third-order valence-corrected chi connectivity index (χ3v) is 2.39. The number of aliphatic carboxylic acids is 1. The molecule has 0 spiro atoms. The summed E-state index contributed by atoms with van der Waals surface area (Å²) in [6.07, 6.45) is 0.397. The van der Waals surface area contributed by atoms with Crippen molar-refractivity contribution >= 4 is 5.97 Å². The van der Waals surface area contributed by atoms with Gasteiger partial charge in [0.05, 0.1) is 0 Å². The van der Waals surface area contributed by atoms with Crippen LogP contribution in [0.5, 0.6) is 0 Å². The lowest BCUT2D eigenvalue weighted by Gasteiger charge is -2.11. The lowest BCUT2D eigenvalue weighted by Crippen LogP contribution is -2.32. The van der Waals surface area contributed by atoms with Gasteiger partial charge in [0.2, 0.25) is 0 Å². The van der Waals surface area contributed by atoms with Gasteiger partial charge >= 0.3 is 5.97 Å². The number of hydrogen-bond acceptors (Lipinski definition) is 2. The van der Waals surface area contributed by atoms with Crippen molar-refractivity contribution < 1.29 is 9.90 Å². The van der Waals surface area contributed by atoms with Gasteiger partial charge in [-0.25, -0.2) is 0 Å². The molecule has 3 N–H and O–H groups in total. The zero-order valence-electron chi connectivity index (χ0n) is 8.45. The summed E-state index contributed by atoms with van der Waals surface area (Å²) in [5, 5.41) is 8.70. The Morgan fingerprint density at radius 1 is 1.43 bits per heavy atom. The van der Waals surface area contributed by atoms with E-state index in [-0.39, 0.29) is 0 Å². The summed E-state index contributed by atoms with van der Waals surface area (Å²) in [4.78, 5) is 10.6. The maximum Gasteiger partial charge on any atom is 0.320 e. The third kappa shape index (κ3) is 2.33. The molecule has 0 amide bonds. The number of carboxylic acids is 1. The average Bonchev–Trinajstić information content (AvgIpc) is 2.11. The lowest BCUT2D eigenvalue weighted by molar-refractivity contribution is -0.138. The van der Waals surface area contributed by atoms with E-state index in [0.717, 1.165) is 16.7 Å². The summed E-state index contributed by atoms with van der Waals surface area (Å²) in [6.45, 7) is 3.94. The Labute approximate surface area is 83.6 Å². The first kappa shape index (κ1) is 10.7. The second kappa shape index (κ2) is 4.24. The average molecular weight is 193 g/mol. The standard InChI is InChI=1S/C11H15NO2/c1-7-4-3-5-8(2)9(7)6-10(12)11(13)14/h3-5,10H,6,12H2,1-2H3,(H,13,14). The van der Waals surface area contributed by atoms with E-state index >= 15 is 0 Å². The normalized spacial score (nSPS) is 12.5. The van der Waals surface area contributed by atoms with Crippen LogP contribution in [-0.4, -0.2) is 17.1 Å². The fourth-order valence-corrected chi connectivity index (χ4v) is 1.48. The molecule has 0 aliphatic carbocycles. The first-order valence-corrected chi connectivity index (χ1v) is 4.56. The maximum absolute atomic E-state index is 10.6. The highest BCUT2D eigenvalue weighted by Gasteiger charge is 2.14. The Morgan fingerprint density at radius 3 is 2.36 bits per heavy atom. The Morgan fingerprint density at radius 2 is 1.93 bits per heavy atom. The Bertz CT molecular complexity index is 327. The number of nitrogens with two attached hydrogens (primary N) is 1. The smallest absolute Gasteiger partial charge is 0.320 e. The van der Waals surface area contributed by atoms with Crippen molar-refractivity contribution in [1.29, 1.82) is 0 Å². The fraction of sp³-hybridized carbons (Fsp3) is 0.364. The van der Waals surface area contributed by atoms with Crippen molar-refractivity contribution in [2.45, 2.75) is 26.3 Å². The molecule has 0 radical (unpaired) electrons. The topological polar surface area (TPSA) is 63.3 Å². The molecule has 0 aliphatic rings. The summed E-state index contributed by atoms with van der Waals surface area (Å²) >= 11 is 0. The molecular formula is C11H15NO2. The monoisotopic (exact) mass is 193 g/mol. The number of carbonyl (C=O) groups is 1. The second-order valence-corrected chi connectivity index (χ2v) is 3.52. The highest BCUT2D eigenvalue weighted by molar-refractivity contribution is 5.73. The maximum atomic E-state index is 10.6. The van der Waals surface area contributed by atoms with Crippen LogP contribution in [0.1, 0.15) is 16.7 Å². The van der Waals surface area contributed by atoms with E-state index in [1.165, 1.54) is 0 Å². The van der Waals surface area contributed by atoms with Gasteiger partial charge in [-0.1, -0.05) is 18.2 Å². The van der Waals surface area contributed by atoms with E-state index in [9.17, 15) is 4.79 Å². The Hall–Kier alpha value is -1.35. The Balaban J connectivity index is 2.91. The summed E-state index contributed by atoms with van der Waals surface area (Å²) in [5.41, 5.74) is 8.73. The van der Waals surface area contributed by atoms with Crippen molar-refractivity contribution in [2.75, 3.05) is 0 Å². The molecule has 0 saturated heterocycles. The van der Waals surface area contributed by atoms with E-state index in [1.54, 1.807) is 0 Å². The molecule has 14 heavy (non-hydrogen) atoms. The van der Waals surface area contributed by atoms with Crippen LogP contribution < -0.4 is 5.73 Å². The zero-order valence-corrected chi connectivity index (χ0v) is 8.45. The van der Waals surface area contributed by atoms with Crippen LogP contribution in [0.15, 0.2) is 18.2 Å². The quantitative estimate of drug-likeness (QED) is 0.759. The van der Waals surface area contributed by atoms with Gasteiger partial charge in [0.15, 0.2) is 0 Å². The van der Waals surface area contributed by atoms with Gasteiger partial charge in [0, 0.05) is 0 Å². The molecule has 0 saturated carbocycles. The van der Waals surface area contributed by atoms with E-state index in [0.29, 0.717) is 6.42 Å². The summed E-state index contributed by atoms with van der Waals surface area (Å²) in [6, 6.07) is 5.09. The lowest BCUT2D eigenvalue weighted by atomic mass is 9.97. The number of hydrogen-bond donors (Lipinski definition) is 2. The van der Waals surface area contributed by atoms with Crippen LogP contribution in [0, 0.1) is 13.8 Å². The number of benzene rings is 1. The third-order valence-electron chi connectivity index (χ3n) is 2.39. The van der Waals surface area contributed by atoms with Crippen LogP contribution in [-0.2, 0) is 11.2 Å². The summed E-state index contributed by atoms with van der Waals surface area (Å²) in [5.74, 6) is -0.951. The Kier molecular flexibility index (Phi) is 3.25. The largest absolute Gasteiger partial charge is 0.480 e. The van der Waals surface area contributed by atoms with Crippen LogP contribution in [0.3, 0.4) is 0 Å².